The monoisotopic (exact) mass is 548 g/mol. The molecule has 0 aliphatic carbocycles. The predicted molar refractivity (Wildman–Crippen MR) is 121 cm³/mol. The Morgan fingerprint density at radius 3 is 1.10 bits per heavy atom. The third-order valence-corrected chi connectivity index (χ3v) is 5.83. The van der Waals surface area contributed by atoms with E-state index >= 15 is 0 Å². The Morgan fingerprint density at radius 1 is 0.586 bits per heavy atom. The van der Waals surface area contributed by atoms with Crippen LogP contribution in [0.1, 0.15) is 11.1 Å². The molecule has 3 rings (SSSR count). The molecule has 0 amide bonds. The molecule has 0 saturated heterocycles. The normalized spacial score (nSPS) is 10.8. The van der Waals surface area contributed by atoms with E-state index in [1.807, 2.05) is 32.0 Å². The lowest BCUT2D eigenvalue weighted by Crippen LogP contribution is -1.96. The highest BCUT2D eigenvalue weighted by molar-refractivity contribution is 14.1. The first-order valence-corrected chi connectivity index (χ1v) is 12.1. The molecule has 9 heteroatoms. The molecule has 29 heavy (non-hydrogen) atoms. The molecule has 0 bridgehead atoms. The van der Waals surface area contributed by atoms with Crippen LogP contribution in [0, 0.1) is 17.4 Å². The van der Waals surface area contributed by atoms with E-state index in [1.54, 1.807) is 24.3 Å². The van der Waals surface area contributed by atoms with E-state index < -0.39 is 20.2 Å². The smallest absolute Gasteiger partial charge is 0.282 e. The van der Waals surface area contributed by atoms with Gasteiger partial charge in [0.15, 0.2) is 0 Å². The first-order chi connectivity index (χ1) is 13.4. The van der Waals surface area contributed by atoms with Crippen LogP contribution in [0.4, 0.5) is 0 Å². The van der Waals surface area contributed by atoms with Crippen LogP contribution in [0.15, 0.2) is 88.7 Å². The highest BCUT2D eigenvalue weighted by Crippen LogP contribution is 2.09. The zero-order chi connectivity index (χ0) is 22.1. The van der Waals surface area contributed by atoms with Gasteiger partial charge in [-0.1, -0.05) is 53.6 Å². The van der Waals surface area contributed by atoms with Gasteiger partial charge in [0.25, 0.3) is 20.2 Å². The summed E-state index contributed by atoms with van der Waals surface area (Å²) in [5, 5.41) is 0. The minimum atomic E-state index is -4.02. The Labute approximate surface area is 185 Å². The summed E-state index contributed by atoms with van der Waals surface area (Å²) in [5.74, 6) is 0. The average Bonchev–Trinajstić information content (AvgIpc) is 2.63. The van der Waals surface area contributed by atoms with E-state index in [0.29, 0.717) is 0 Å². The fourth-order valence-electron chi connectivity index (χ4n) is 1.84. The molecule has 0 aliphatic heterocycles. The number of rotatable bonds is 2. The maximum atomic E-state index is 10.5. The van der Waals surface area contributed by atoms with Gasteiger partial charge in [-0.2, -0.15) is 16.8 Å². The molecule has 0 spiro atoms. The van der Waals surface area contributed by atoms with Crippen molar-refractivity contribution >= 4 is 42.8 Å². The zero-order valence-electron chi connectivity index (χ0n) is 15.7. The number of benzene rings is 3. The summed E-state index contributed by atoms with van der Waals surface area (Å²) in [6.45, 7) is 3.68. The molecule has 0 aromatic heterocycles. The maximum absolute atomic E-state index is 10.5. The van der Waals surface area contributed by atoms with E-state index in [-0.39, 0.29) is 9.79 Å². The average molecular weight is 548 g/mol. The quantitative estimate of drug-likeness (QED) is 0.353. The van der Waals surface area contributed by atoms with Gasteiger partial charge in [0.1, 0.15) is 0 Å². The van der Waals surface area contributed by atoms with Crippen LogP contribution >= 0.6 is 22.6 Å². The predicted octanol–water partition coefficient (Wildman–Crippen LogP) is 4.77. The van der Waals surface area contributed by atoms with E-state index in [2.05, 4.69) is 34.7 Å². The molecular formula is C20H21IO6S2. The van der Waals surface area contributed by atoms with Crippen LogP contribution in [-0.2, 0) is 20.2 Å². The maximum Gasteiger partial charge on any atom is 0.294 e. The Morgan fingerprint density at radius 2 is 0.897 bits per heavy atom. The molecule has 0 atom stereocenters. The van der Waals surface area contributed by atoms with Crippen LogP contribution in [-0.4, -0.2) is 25.9 Å². The summed E-state index contributed by atoms with van der Waals surface area (Å²) in [5.41, 5.74) is 1.91. The van der Waals surface area contributed by atoms with Crippen LogP contribution in [0.2, 0.25) is 0 Å². The SMILES string of the molecule is Cc1ccc(S(=O)(=O)O)cc1.Cc1ccc(S(=O)(=O)O)cc1.Ic1ccccc1. The molecule has 156 valence electrons. The Hall–Kier alpha value is -1.79. The van der Waals surface area contributed by atoms with Gasteiger partial charge in [-0.05, 0) is 72.8 Å². The minimum absolute atomic E-state index is 0.0666. The molecule has 3 aromatic carbocycles. The fraction of sp³-hybridized carbons (Fsp3) is 0.100. The lowest BCUT2D eigenvalue weighted by Gasteiger charge is -1.95. The second kappa shape index (κ2) is 11.4. The minimum Gasteiger partial charge on any atom is -0.282 e. The summed E-state index contributed by atoms with van der Waals surface area (Å²) < 4.78 is 60.4. The summed E-state index contributed by atoms with van der Waals surface area (Å²) in [7, 11) is -8.04. The Kier molecular flexibility index (Phi) is 9.93. The van der Waals surface area contributed by atoms with Crippen LogP contribution in [0.3, 0.4) is 0 Å². The molecule has 0 fully saturated rings. The van der Waals surface area contributed by atoms with Crippen molar-refractivity contribution in [3.8, 4) is 0 Å². The second-order valence-electron chi connectivity index (χ2n) is 5.87. The molecule has 0 aliphatic rings. The number of aryl methyl sites for hydroxylation is 2. The third-order valence-electron chi connectivity index (χ3n) is 3.37. The van der Waals surface area contributed by atoms with Crippen LogP contribution in [0.5, 0.6) is 0 Å². The molecule has 0 saturated carbocycles. The lowest BCUT2D eigenvalue weighted by atomic mass is 10.2. The van der Waals surface area contributed by atoms with E-state index in [9.17, 15) is 16.8 Å². The topological polar surface area (TPSA) is 109 Å². The molecule has 0 radical (unpaired) electrons. The van der Waals surface area contributed by atoms with Crippen molar-refractivity contribution < 1.29 is 25.9 Å². The molecule has 3 aromatic rings. The van der Waals surface area contributed by atoms with Gasteiger partial charge in [-0.3, -0.25) is 9.11 Å². The van der Waals surface area contributed by atoms with Gasteiger partial charge in [-0.15, -0.1) is 0 Å². The van der Waals surface area contributed by atoms with E-state index in [0.717, 1.165) is 11.1 Å². The Bertz CT molecular complexity index is 1020. The van der Waals surface area contributed by atoms with Crippen LogP contribution in [0.25, 0.3) is 0 Å². The van der Waals surface area contributed by atoms with Crippen molar-refractivity contribution in [1.82, 2.24) is 0 Å². The summed E-state index contributed by atoms with van der Waals surface area (Å²) >= 11 is 2.28. The number of hydrogen-bond donors (Lipinski definition) is 2. The molecule has 0 unspecified atom stereocenters. The van der Waals surface area contributed by atoms with E-state index in [4.69, 9.17) is 9.11 Å². The van der Waals surface area contributed by atoms with Gasteiger partial charge in [0, 0.05) is 3.57 Å². The van der Waals surface area contributed by atoms with Gasteiger partial charge < -0.3 is 0 Å². The summed E-state index contributed by atoms with van der Waals surface area (Å²) in [6.07, 6.45) is 0. The highest BCUT2D eigenvalue weighted by atomic mass is 127. The van der Waals surface area contributed by atoms with Gasteiger partial charge >= 0.3 is 0 Å². The molecule has 2 N–H and O–H groups in total. The van der Waals surface area contributed by atoms with Gasteiger partial charge in [0.05, 0.1) is 9.79 Å². The number of halogens is 1. The van der Waals surface area contributed by atoms with Gasteiger partial charge in [0.2, 0.25) is 0 Å². The van der Waals surface area contributed by atoms with Crippen molar-refractivity contribution in [2.45, 2.75) is 23.6 Å². The standard InChI is InChI=1S/2C7H8O3S.C6H5I/c2*1-6-2-4-7(5-3-6)11(8,9)10;7-6-4-2-1-3-5-6/h2*2-5H,1H3,(H,8,9,10);1-5H. The van der Waals surface area contributed by atoms with Crippen molar-refractivity contribution in [1.29, 1.82) is 0 Å². The summed E-state index contributed by atoms with van der Waals surface area (Å²) in [6, 6.07) is 22.2. The summed E-state index contributed by atoms with van der Waals surface area (Å²) in [4.78, 5) is -0.133. The molecular weight excluding hydrogens is 527 g/mol. The molecule has 6 nitrogen and oxygen atoms in total. The second-order valence-corrected chi connectivity index (χ2v) is 9.96. The number of hydrogen-bond acceptors (Lipinski definition) is 4. The first kappa shape index (κ1) is 25.2. The van der Waals surface area contributed by atoms with E-state index in [1.165, 1.54) is 27.8 Å². The van der Waals surface area contributed by atoms with Crippen molar-refractivity contribution in [2.24, 2.45) is 0 Å². The van der Waals surface area contributed by atoms with Gasteiger partial charge in [-0.25, -0.2) is 0 Å². The molecule has 0 heterocycles. The zero-order valence-corrected chi connectivity index (χ0v) is 19.5. The lowest BCUT2D eigenvalue weighted by molar-refractivity contribution is 0.481. The fourth-order valence-corrected chi connectivity index (χ4v) is 3.21. The van der Waals surface area contributed by atoms with Crippen molar-refractivity contribution in [2.75, 3.05) is 0 Å². The first-order valence-electron chi connectivity index (χ1n) is 8.18. The van der Waals surface area contributed by atoms with Crippen molar-refractivity contribution in [3.63, 3.8) is 0 Å². The van der Waals surface area contributed by atoms with Crippen molar-refractivity contribution in [3.05, 3.63) is 93.6 Å². The Balaban J connectivity index is 0.000000223. The van der Waals surface area contributed by atoms with Crippen LogP contribution < -0.4 is 0 Å². The largest absolute Gasteiger partial charge is 0.294 e. The highest BCUT2D eigenvalue weighted by Gasteiger charge is 2.07. The third kappa shape index (κ3) is 10.5.